The summed E-state index contributed by atoms with van der Waals surface area (Å²) in [7, 11) is -3.22. The van der Waals surface area contributed by atoms with Gasteiger partial charge in [0.15, 0.2) is 9.84 Å². The number of benzene rings is 1. The lowest BCUT2D eigenvalue weighted by Crippen LogP contribution is -2.40. The number of ether oxygens (including phenoxy) is 2. The van der Waals surface area contributed by atoms with Gasteiger partial charge in [0.1, 0.15) is 11.4 Å². The summed E-state index contributed by atoms with van der Waals surface area (Å²) in [4.78, 5) is 23.6. The first-order valence-corrected chi connectivity index (χ1v) is 13.9. The number of aromatic nitrogens is 2. The SMILES string of the molecule is CC(C)Oc1ccc(C(=O)N2CCC(COc3ccc(-c4ccc(S(C)(=O)=O)cc4)cn3)CC2)nc1. The lowest BCUT2D eigenvalue weighted by atomic mass is 9.97. The fraction of sp³-hybridized carbons (Fsp3) is 0.370. The Kier molecular flexibility index (Phi) is 7.88. The number of likely N-dealkylation sites (tertiary alicyclic amines) is 1. The van der Waals surface area contributed by atoms with Crippen molar-refractivity contribution in [1.82, 2.24) is 14.9 Å². The van der Waals surface area contributed by atoms with Crippen molar-refractivity contribution >= 4 is 15.7 Å². The van der Waals surface area contributed by atoms with E-state index in [9.17, 15) is 13.2 Å². The number of pyridine rings is 2. The summed E-state index contributed by atoms with van der Waals surface area (Å²) in [6.45, 7) is 5.75. The van der Waals surface area contributed by atoms with Crippen LogP contribution in [0.1, 0.15) is 37.2 Å². The summed E-state index contributed by atoms with van der Waals surface area (Å²) in [5, 5.41) is 0. The third-order valence-electron chi connectivity index (χ3n) is 6.05. The maximum Gasteiger partial charge on any atom is 0.272 e. The first kappa shape index (κ1) is 25.6. The highest BCUT2D eigenvalue weighted by atomic mass is 32.2. The molecule has 1 fully saturated rings. The number of rotatable bonds is 8. The molecule has 8 nitrogen and oxygen atoms in total. The van der Waals surface area contributed by atoms with Crippen LogP contribution in [0.2, 0.25) is 0 Å². The summed E-state index contributed by atoms with van der Waals surface area (Å²) in [6, 6.07) is 13.9. The van der Waals surface area contributed by atoms with Crippen LogP contribution < -0.4 is 9.47 Å². The zero-order valence-electron chi connectivity index (χ0n) is 20.8. The van der Waals surface area contributed by atoms with Gasteiger partial charge < -0.3 is 14.4 Å². The summed E-state index contributed by atoms with van der Waals surface area (Å²) in [5.41, 5.74) is 2.19. The second kappa shape index (κ2) is 11.1. The molecule has 0 saturated carbocycles. The Labute approximate surface area is 212 Å². The number of hydrogen-bond acceptors (Lipinski definition) is 7. The van der Waals surface area contributed by atoms with E-state index in [1.807, 2.05) is 30.9 Å². The first-order chi connectivity index (χ1) is 17.2. The maximum atomic E-state index is 12.8. The predicted molar refractivity (Wildman–Crippen MR) is 137 cm³/mol. The number of sulfone groups is 1. The van der Waals surface area contributed by atoms with Gasteiger partial charge in [-0.15, -0.1) is 0 Å². The van der Waals surface area contributed by atoms with E-state index < -0.39 is 9.84 Å². The molecule has 0 bridgehead atoms. The van der Waals surface area contributed by atoms with Crippen LogP contribution in [0.4, 0.5) is 0 Å². The first-order valence-electron chi connectivity index (χ1n) is 12.0. The predicted octanol–water partition coefficient (Wildman–Crippen LogP) is 4.27. The second-order valence-electron chi connectivity index (χ2n) is 9.27. The molecule has 0 spiro atoms. The molecule has 190 valence electrons. The monoisotopic (exact) mass is 509 g/mol. The van der Waals surface area contributed by atoms with Crippen LogP contribution in [0.25, 0.3) is 11.1 Å². The van der Waals surface area contributed by atoms with Crippen LogP contribution in [0.5, 0.6) is 11.6 Å². The number of amides is 1. The van der Waals surface area contributed by atoms with Crippen molar-refractivity contribution in [2.75, 3.05) is 26.0 Å². The minimum atomic E-state index is -3.22. The van der Waals surface area contributed by atoms with Crippen LogP contribution in [-0.2, 0) is 9.84 Å². The minimum absolute atomic E-state index is 0.0591. The van der Waals surface area contributed by atoms with Gasteiger partial charge in [-0.05, 0) is 68.5 Å². The van der Waals surface area contributed by atoms with Gasteiger partial charge in [0.2, 0.25) is 5.88 Å². The quantitative estimate of drug-likeness (QED) is 0.447. The molecular weight excluding hydrogens is 478 g/mol. The number of carbonyl (C=O) groups excluding carboxylic acids is 1. The summed E-state index contributed by atoms with van der Waals surface area (Å²) >= 11 is 0. The van der Waals surface area contributed by atoms with E-state index >= 15 is 0 Å². The lowest BCUT2D eigenvalue weighted by molar-refractivity contribution is 0.0653. The van der Waals surface area contributed by atoms with Crippen molar-refractivity contribution < 1.29 is 22.7 Å². The van der Waals surface area contributed by atoms with E-state index in [1.165, 1.54) is 6.26 Å². The van der Waals surface area contributed by atoms with Crippen LogP contribution in [0.15, 0.2) is 65.8 Å². The molecule has 9 heteroatoms. The Morgan fingerprint density at radius 3 is 2.22 bits per heavy atom. The molecule has 36 heavy (non-hydrogen) atoms. The van der Waals surface area contributed by atoms with Gasteiger partial charge in [-0.1, -0.05) is 12.1 Å². The highest BCUT2D eigenvalue weighted by molar-refractivity contribution is 7.90. The molecule has 1 saturated heterocycles. The molecule has 1 aliphatic heterocycles. The molecule has 0 aliphatic carbocycles. The molecule has 0 N–H and O–H groups in total. The summed E-state index contributed by atoms with van der Waals surface area (Å²) in [6.07, 6.45) is 6.27. The zero-order chi connectivity index (χ0) is 25.7. The molecule has 0 atom stereocenters. The molecule has 0 unspecified atom stereocenters. The standard InChI is InChI=1S/C27H31N3O5S/c1-19(2)35-23-7-10-25(28-17-23)27(31)30-14-12-20(13-15-30)18-34-26-11-6-22(16-29-26)21-4-8-24(9-5-21)36(3,32)33/h4-11,16-17,19-20H,12-15,18H2,1-3H3. The molecule has 0 radical (unpaired) electrons. The van der Waals surface area contributed by atoms with Gasteiger partial charge in [-0.2, -0.15) is 0 Å². The van der Waals surface area contributed by atoms with Crippen LogP contribution in [0, 0.1) is 5.92 Å². The molecule has 1 aromatic carbocycles. The highest BCUT2D eigenvalue weighted by Gasteiger charge is 2.25. The van der Waals surface area contributed by atoms with Crippen molar-refractivity contribution in [2.45, 2.75) is 37.7 Å². The van der Waals surface area contributed by atoms with Gasteiger partial charge in [-0.25, -0.2) is 18.4 Å². The Morgan fingerprint density at radius 1 is 0.972 bits per heavy atom. The van der Waals surface area contributed by atoms with E-state index in [2.05, 4.69) is 9.97 Å². The van der Waals surface area contributed by atoms with Crippen LogP contribution >= 0.6 is 0 Å². The second-order valence-corrected chi connectivity index (χ2v) is 11.3. The molecular formula is C27H31N3O5S. The fourth-order valence-corrected chi connectivity index (χ4v) is 4.68. The van der Waals surface area contributed by atoms with Crippen molar-refractivity contribution in [3.8, 4) is 22.8 Å². The van der Waals surface area contributed by atoms with Crippen molar-refractivity contribution in [3.63, 3.8) is 0 Å². The normalized spacial score (nSPS) is 14.6. The van der Waals surface area contributed by atoms with Gasteiger partial charge >= 0.3 is 0 Å². The van der Waals surface area contributed by atoms with Gasteiger partial charge in [0.05, 0.1) is 23.8 Å². The number of nitrogens with zero attached hydrogens (tertiary/aromatic N) is 3. The average molecular weight is 510 g/mol. The zero-order valence-corrected chi connectivity index (χ0v) is 21.6. The highest BCUT2D eigenvalue weighted by Crippen LogP contribution is 2.24. The number of piperidine rings is 1. The number of carbonyl (C=O) groups is 1. The van der Waals surface area contributed by atoms with Crippen LogP contribution in [0.3, 0.4) is 0 Å². The third kappa shape index (κ3) is 6.60. The summed E-state index contributed by atoms with van der Waals surface area (Å²) < 4.78 is 34.8. The Hall–Kier alpha value is -3.46. The third-order valence-corrected chi connectivity index (χ3v) is 7.18. The Morgan fingerprint density at radius 2 is 1.67 bits per heavy atom. The van der Waals surface area contributed by atoms with Gasteiger partial charge in [-0.3, -0.25) is 4.79 Å². The van der Waals surface area contributed by atoms with Crippen molar-refractivity contribution in [2.24, 2.45) is 5.92 Å². The smallest absolute Gasteiger partial charge is 0.272 e. The van der Waals surface area contributed by atoms with E-state index in [0.29, 0.717) is 42.9 Å². The Bertz CT molecular complexity index is 1270. The van der Waals surface area contributed by atoms with Crippen molar-refractivity contribution in [1.29, 1.82) is 0 Å². The van der Waals surface area contributed by atoms with Crippen LogP contribution in [-0.4, -0.2) is 61.2 Å². The van der Waals surface area contributed by atoms with Gasteiger partial charge in [0.25, 0.3) is 5.91 Å². The van der Waals surface area contributed by atoms with E-state index in [1.54, 1.807) is 48.8 Å². The molecule has 3 aromatic rings. The molecule has 3 heterocycles. The fourth-order valence-electron chi connectivity index (χ4n) is 4.05. The van der Waals surface area contributed by atoms with E-state index in [4.69, 9.17) is 9.47 Å². The largest absolute Gasteiger partial charge is 0.489 e. The lowest BCUT2D eigenvalue weighted by Gasteiger charge is -2.31. The minimum Gasteiger partial charge on any atom is -0.489 e. The van der Waals surface area contributed by atoms with Crippen molar-refractivity contribution in [3.05, 3.63) is 66.6 Å². The number of hydrogen-bond donors (Lipinski definition) is 0. The molecule has 1 amide bonds. The Balaban J connectivity index is 1.25. The van der Waals surface area contributed by atoms with Gasteiger partial charge in [0, 0.05) is 37.2 Å². The van der Waals surface area contributed by atoms with E-state index in [0.717, 1.165) is 24.0 Å². The molecule has 4 rings (SSSR count). The topological polar surface area (TPSA) is 98.7 Å². The average Bonchev–Trinajstić information content (AvgIpc) is 2.87. The van der Waals surface area contributed by atoms with E-state index in [-0.39, 0.29) is 16.9 Å². The summed E-state index contributed by atoms with van der Waals surface area (Å²) in [5.74, 6) is 1.47. The molecule has 2 aromatic heterocycles. The molecule has 1 aliphatic rings. The maximum absolute atomic E-state index is 12.8.